The second-order valence-electron chi connectivity index (χ2n) is 4.86. The van der Waals surface area contributed by atoms with E-state index in [9.17, 15) is 5.11 Å². The van der Waals surface area contributed by atoms with Gasteiger partial charge in [-0.25, -0.2) is 9.67 Å². The molecule has 4 heteroatoms. The molecule has 1 saturated carbocycles. The van der Waals surface area contributed by atoms with E-state index in [1.807, 2.05) is 4.68 Å². The Kier molecular flexibility index (Phi) is 2.78. The maximum Gasteiger partial charge on any atom is 0.138 e. The molecule has 1 aliphatic rings. The number of rotatable bonds is 4. The van der Waals surface area contributed by atoms with Crippen LogP contribution in [0.25, 0.3) is 0 Å². The molecule has 4 nitrogen and oxygen atoms in total. The summed E-state index contributed by atoms with van der Waals surface area (Å²) in [6.07, 6.45) is 3.10. The van der Waals surface area contributed by atoms with E-state index < -0.39 is 0 Å². The van der Waals surface area contributed by atoms with Crippen LogP contribution in [0.1, 0.15) is 39.1 Å². The predicted octanol–water partition coefficient (Wildman–Crippen LogP) is 1.42. The molecule has 1 aromatic rings. The van der Waals surface area contributed by atoms with Crippen molar-refractivity contribution in [1.29, 1.82) is 0 Å². The lowest BCUT2D eigenvalue weighted by atomic mass is 10.1. The zero-order valence-corrected chi connectivity index (χ0v) is 9.59. The molecule has 1 aromatic heterocycles. The van der Waals surface area contributed by atoms with Gasteiger partial charge in [0.05, 0.1) is 6.10 Å². The van der Waals surface area contributed by atoms with E-state index in [1.165, 1.54) is 0 Å². The first-order valence-electron chi connectivity index (χ1n) is 5.66. The molecule has 84 valence electrons. The minimum atomic E-state index is -0.248. The normalized spacial score (nSPS) is 27.0. The number of nitrogens with zero attached hydrogens (tertiary/aromatic N) is 3. The van der Waals surface area contributed by atoms with E-state index in [0.29, 0.717) is 24.3 Å². The summed E-state index contributed by atoms with van der Waals surface area (Å²) in [5, 5.41) is 14.1. The Labute approximate surface area is 90.3 Å². The van der Waals surface area contributed by atoms with Crippen molar-refractivity contribution >= 4 is 0 Å². The number of hydrogen-bond donors (Lipinski definition) is 1. The van der Waals surface area contributed by atoms with Gasteiger partial charge in [-0.2, -0.15) is 5.10 Å². The van der Waals surface area contributed by atoms with Crippen molar-refractivity contribution in [1.82, 2.24) is 14.8 Å². The van der Waals surface area contributed by atoms with Gasteiger partial charge in [0.2, 0.25) is 0 Å². The van der Waals surface area contributed by atoms with Gasteiger partial charge in [-0.1, -0.05) is 6.92 Å². The average molecular weight is 209 g/mol. The van der Waals surface area contributed by atoms with E-state index >= 15 is 0 Å². The monoisotopic (exact) mass is 209 g/mol. The van der Waals surface area contributed by atoms with E-state index in [4.69, 9.17) is 0 Å². The highest BCUT2D eigenvalue weighted by molar-refractivity contribution is 4.96. The lowest BCUT2D eigenvalue weighted by Crippen LogP contribution is -2.19. The zero-order valence-electron chi connectivity index (χ0n) is 9.59. The van der Waals surface area contributed by atoms with Crippen LogP contribution in [0, 0.1) is 11.8 Å². The molecule has 3 atom stereocenters. The Morgan fingerprint density at radius 1 is 1.60 bits per heavy atom. The van der Waals surface area contributed by atoms with Crippen molar-refractivity contribution in [3.05, 3.63) is 12.2 Å². The third-order valence-corrected chi connectivity index (χ3v) is 3.19. The van der Waals surface area contributed by atoms with Gasteiger partial charge >= 0.3 is 0 Å². The SMILES string of the molecule is CC1CC1C(O)Cc1ncnn1C(C)C. The van der Waals surface area contributed by atoms with Crippen LogP contribution in [0.3, 0.4) is 0 Å². The number of aliphatic hydroxyl groups is 1. The topological polar surface area (TPSA) is 50.9 Å². The van der Waals surface area contributed by atoms with Gasteiger partial charge in [-0.05, 0) is 32.1 Å². The van der Waals surface area contributed by atoms with Gasteiger partial charge in [0.15, 0.2) is 0 Å². The Bertz CT molecular complexity index is 334. The Morgan fingerprint density at radius 3 is 2.80 bits per heavy atom. The van der Waals surface area contributed by atoms with Crippen LogP contribution in [0.2, 0.25) is 0 Å². The molecule has 1 heterocycles. The zero-order chi connectivity index (χ0) is 11.0. The molecule has 0 saturated heterocycles. The van der Waals surface area contributed by atoms with Crippen LogP contribution in [0.15, 0.2) is 6.33 Å². The van der Waals surface area contributed by atoms with Crippen LogP contribution in [0.4, 0.5) is 0 Å². The summed E-state index contributed by atoms with van der Waals surface area (Å²) < 4.78 is 1.89. The summed E-state index contributed by atoms with van der Waals surface area (Å²) in [6, 6.07) is 0.311. The number of aliphatic hydroxyl groups excluding tert-OH is 1. The van der Waals surface area contributed by atoms with Crippen molar-refractivity contribution in [2.75, 3.05) is 0 Å². The molecule has 0 radical (unpaired) electrons. The lowest BCUT2D eigenvalue weighted by molar-refractivity contribution is 0.142. The molecular weight excluding hydrogens is 190 g/mol. The summed E-state index contributed by atoms with van der Waals surface area (Å²) in [5.41, 5.74) is 0. The smallest absolute Gasteiger partial charge is 0.138 e. The lowest BCUT2D eigenvalue weighted by Gasteiger charge is -2.12. The van der Waals surface area contributed by atoms with Gasteiger partial charge in [-0.3, -0.25) is 0 Å². The van der Waals surface area contributed by atoms with E-state index in [1.54, 1.807) is 6.33 Å². The highest BCUT2D eigenvalue weighted by Gasteiger charge is 2.39. The first-order valence-corrected chi connectivity index (χ1v) is 5.66. The standard InChI is InChI=1S/C11H19N3O/c1-7(2)14-11(12-6-13-14)5-10(15)9-4-8(9)3/h6-10,15H,4-5H2,1-3H3. The largest absolute Gasteiger partial charge is 0.392 e. The van der Waals surface area contributed by atoms with Gasteiger partial charge in [0.25, 0.3) is 0 Å². The van der Waals surface area contributed by atoms with Gasteiger partial charge in [-0.15, -0.1) is 0 Å². The quantitative estimate of drug-likeness (QED) is 0.816. The summed E-state index contributed by atoms with van der Waals surface area (Å²) in [5.74, 6) is 2.05. The second-order valence-corrected chi connectivity index (χ2v) is 4.86. The Hall–Kier alpha value is -0.900. The highest BCUT2D eigenvalue weighted by Crippen LogP contribution is 2.41. The number of hydrogen-bond acceptors (Lipinski definition) is 3. The molecule has 15 heavy (non-hydrogen) atoms. The van der Waals surface area contributed by atoms with Crippen molar-refractivity contribution in [3.8, 4) is 0 Å². The third-order valence-electron chi connectivity index (χ3n) is 3.19. The Balaban J connectivity index is 2.00. The molecule has 0 bridgehead atoms. The maximum atomic E-state index is 9.96. The molecular formula is C11H19N3O. The summed E-state index contributed by atoms with van der Waals surface area (Å²) in [7, 11) is 0. The molecule has 0 aliphatic heterocycles. The van der Waals surface area contributed by atoms with Crippen LogP contribution >= 0.6 is 0 Å². The summed E-state index contributed by atoms with van der Waals surface area (Å²) >= 11 is 0. The molecule has 2 rings (SSSR count). The minimum Gasteiger partial charge on any atom is -0.392 e. The fourth-order valence-corrected chi connectivity index (χ4v) is 2.08. The molecule has 1 fully saturated rings. The van der Waals surface area contributed by atoms with E-state index in [0.717, 1.165) is 12.2 Å². The van der Waals surface area contributed by atoms with Crippen LogP contribution in [-0.4, -0.2) is 26.0 Å². The second kappa shape index (κ2) is 3.93. The summed E-state index contributed by atoms with van der Waals surface area (Å²) in [6.45, 7) is 6.33. The highest BCUT2D eigenvalue weighted by atomic mass is 16.3. The average Bonchev–Trinajstić information content (AvgIpc) is 2.73. The van der Waals surface area contributed by atoms with Crippen molar-refractivity contribution in [3.63, 3.8) is 0 Å². The molecule has 0 aromatic carbocycles. The van der Waals surface area contributed by atoms with Crippen LogP contribution < -0.4 is 0 Å². The Morgan fingerprint density at radius 2 is 2.27 bits per heavy atom. The van der Waals surface area contributed by atoms with Crippen LogP contribution in [-0.2, 0) is 6.42 Å². The minimum absolute atomic E-state index is 0.248. The molecule has 0 amide bonds. The fourth-order valence-electron chi connectivity index (χ4n) is 2.08. The predicted molar refractivity (Wildman–Crippen MR) is 57.4 cm³/mol. The van der Waals surface area contributed by atoms with Gasteiger partial charge < -0.3 is 5.11 Å². The van der Waals surface area contributed by atoms with Crippen molar-refractivity contribution < 1.29 is 5.11 Å². The molecule has 0 spiro atoms. The van der Waals surface area contributed by atoms with E-state index in [-0.39, 0.29) is 6.10 Å². The maximum absolute atomic E-state index is 9.96. The molecule has 1 aliphatic carbocycles. The third kappa shape index (κ3) is 2.20. The van der Waals surface area contributed by atoms with E-state index in [2.05, 4.69) is 30.9 Å². The molecule has 3 unspecified atom stereocenters. The first kappa shape index (κ1) is 10.6. The fraction of sp³-hybridized carbons (Fsp3) is 0.818. The van der Waals surface area contributed by atoms with Crippen molar-refractivity contribution in [2.45, 2.75) is 45.8 Å². The van der Waals surface area contributed by atoms with Gasteiger partial charge in [0, 0.05) is 12.5 Å². The van der Waals surface area contributed by atoms with Crippen molar-refractivity contribution in [2.24, 2.45) is 11.8 Å². The first-order chi connectivity index (χ1) is 7.09. The molecule has 1 N–H and O–H groups in total. The summed E-state index contributed by atoms with van der Waals surface area (Å²) in [4.78, 5) is 4.20. The van der Waals surface area contributed by atoms with Gasteiger partial charge in [0.1, 0.15) is 12.2 Å². The number of aromatic nitrogens is 3. The van der Waals surface area contributed by atoms with Crippen LogP contribution in [0.5, 0.6) is 0 Å².